The summed E-state index contributed by atoms with van der Waals surface area (Å²) in [5, 5.41) is 0. The van der Waals surface area contributed by atoms with E-state index in [4.69, 9.17) is 0 Å². The van der Waals surface area contributed by atoms with Gasteiger partial charge < -0.3 is 0 Å². The third-order valence-electron chi connectivity index (χ3n) is 3.42. The molecule has 0 heterocycles. The summed E-state index contributed by atoms with van der Waals surface area (Å²) in [7, 11) is 0. The number of rotatable bonds is 5. The molecule has 0 radical (unpaired) electrons. The van der Waals surface area contributed by atoms with Crippen molar-refractivity contribution in [3.63, 3.8) is 0 Å². The molecule has 0 aromatic heterocycles. The van der Waals surface area contributed by atoms with Crippen molar-refractivity contribution in [2.24, 2.45) is 5.92 Å². The highest BCUT2D eigenvalue weighted by Crippen LogP contribution is 2.27. The van der Waals surface area contributed by atoms with Gasteiger partial charge in [0.2, 0.25) is 0 Å². The maximum absolute atomic E-state index is 12.2. The molecular weight excluding hydrogens is 208 g/mol. The Bertz CT molecular complexity index is 286. The Morgan fingerprint density at radius 2 is 2.06 bits per heavy atom. The van der Waals surface area contributed by atoms with Crippen molar-refractivity contribution >= 4 is 5.78 Å². The average Bonchev–Trinajstić information content (AvgIpc) is 2.31. The Morgan fingerprint density at radius 1 is 1.29 bits per heavy atom. The zero-order chi connectivity index (χ0) is 12.5. The molecular formula is C16H26O. The number of allylic oxidation sites excluding steroid dienone is 4. The van der Waals surface area contributed by atoms with Gasteiger partial charge in [-0.2, -0.15) is 0 Å². The number of carbonyl (C=O) groups is 1. The summed E-state index contributed by atoms with van der Waals surface area (Å²) in [6.45, 7) is 4.40. The van der Waals surface area contributed by atoms with Gasteiger partial charge in [-0.3, -0.25) is 4.79 Å². The van der Waals surface area contributed by atoms with Crippen molar-refractivity contribution in [2.45, 2.75) is 65.2 Å². The molecule has 0 saturated carbocycles. The van der Waals surface area contributed by atoms with E-state index < -0.39 is 0 Å². The molecule has 1 atom stereocenters. The zero-order valence-electron chi connectivity index (χ0n) is 11.4. The van der Waals surface area contributed by atoms with Gasteiger partial charge in [-0.1, -0.05) is 50.5 Å². The standard InChI is InChI=1S/C16H26O/c1-3-5-11-14(10-4-2)15-12-8-6-7-9-13-16(15)17/h6-7,11,15H,3-5,8-10,12-13H2,1-2H3/b7-6-,14-11-. The summed E-state index contributed by atoms with van der Waals surface area (Å²) in [6, 6.07) is 0. The molecule has 0 N–H and O–H groups in total. The molecule has 1 unspecified atom stereocenters. The highest BCUT2D eigenvalue weighted by molar-refractivity contribution is 5.84. The first kappa shape index (κ1) is 14.2. The van der Waals surface area contributed by atoms with E-state index in [0.717, 1.165) is 44.9 Å². The van der Waals surface area contributed by atoms with Crippen molar-refractivity contribution in [1.82, 2.24) is 0 Å². The summed E-state index contributed by atoms with van der Waals surface area (Å²) < 4.78 is 0. The van der Waals surface area contributed by atoms with Crippen LogP contribution >= 0.6 is 0 Å². The maximum Gasteiger partial charge on any atom is 0.140 e. The number of hydrogen-bond donors (Lipinski definition) is 0. The van der Waals surface area contributed by atoms with Gasteiger partial charge in [-0.25, -0.2) is 0 Å². The SMILES string of the molecule is CCC/C=C(/CCC)C1CC/C=C\CCC1=O. The molecule has 0 amide bonds. The number of carbonyl (C=O) groups excluding carboxylic acids is 1. The van der Waals surface area contributed by atoms with Crippen LogP contribution in [0.3, 0.4) is 0 Å². The molecule has 0 fully saturated rings. The molecule has 1 aliphatic carbocycles. The van der Waals surface area contributed by atoms with Gasteiger partial charge in [-0.05, 0) is 32.1 Å². The van der Waals surface area contributed by atoms with E-state index in [1.165, 1.54) is 12.0 Å². The lowest BCUT2D eigenvalue weighted by molar-refractivity contribution is -0.122. The largest absolute Gasteiger partial charge is 0.299 e. The lowest BCUT2D eigenvalue weighted by Gasteiger charge is -2.20. The quantitative estimate of drug-likeness (QED) is 0.623. The first-order valence-electron chi connectivity index (χ1n) is 7.16. The van der Waals surface area contributed by atoms with Gasteiger partial charge in [0.1, 0.15) is 5.78 Å². The van der Waals surface area contributed by atoms with Gasteiger partial charge in [-0.15, -0.1) is 0 Å². The summed E-state index contributed by atoms with van der Waals surface area (Å²) in [6.07, 6.45) is 15.0. The van der Waals surface area contributed by atoms with E-state index in [1.807, 2.05) is 0 Å². The van der Waals surface area contributed by atoms with Crippen LogP contribution in [0.4, 0.5) is 0 Å². The summed E-state index contributed by atoms with van der Waals surface area (Å²) in [5.74, 6) is 0.677. The van der Waals surface area contributed by atoms with Gasteiger partial charge in [0.15, 0.2) is 0 Å². The van der Waals surface area contributed by atoms with Gasteiger partial charge in [0.05, 0.1) is 0 Å². The predicted octanol–water partition coefficient (Wildman–Crippen LogP) is 4.83. The van der Waals surface area contributed by atoms with Crippen LogP contribution in [0.15, 0.2) is 23.8 Å². The highest BCUT2D eigenvalue weighted by atomic mass is 16.1. The number of hydrogen-bond acceptors (Lipinski definition) is 1. The molecule has 1 heteroatoms. The molecule has 96 valence electrons. The maximum atomic E-state index is 12.2. The Kier molecular flexibility index (Phi) is 6.91. The fourth-order valence-electron chi connectivity index (χ4n) is 2.49. The minimum atomic E-state index is 0.214. The van der Waals surface area contributed by atoms with Crippen LogP contribution in [0.25, 0.3) is 0 Å². The second-order valence-corrected chi connectivity index (χ2v) is 4.92. The van der Waals surface area contributed by atoms with Crippen LogP contribution in [-0.4, -0.2) is 5.78 Å². The third kappa shape index (κ3) is 4.89. The molecule has 0 bridgehead atoms. The lowest BCUT2D eigenvalue weighted by atomic mass is 9.84. The van der Waals surface area contributed by atoms with Gasteiger partial charge in [0.25, 0.3) is 0 Å². The Labute approximate surface area is 106 Å². The number of Topliss-reactive ketones (excluding diaryl/α,β-unsaturated/α-hetero) is 1. The number of ketones is 1. The minimum Gasteiger partial charge on any atom is -0.299 e. The Hall–Kier alpha value is -0.850. The molecule has 1 rings (SSSR count). The van der Waals surface area contributed by atoms with E-state index in [-0.39, 0.29) is 5.92 Å². The zero-order valence-corrected chi connectivity index (χ0v) is 11.4. The van der Waals surface area contributed by atoms with Crippen LogP contribution in [0.2, 0.25) is 0 Å². The van der Waals surface area contributed by atoms with Crippen molar-refractivity contribution in [3.05, 3.63) is 23.8 Å². The highest BCUT2D eigenvalue weighted by Gasteiger charge is 2.21. The fourth-order valence-corrected chi connectivity index (χ4v) is 2.49. The second kappa shape index (κ2) is 8.27. The molecule has 1 aliphatic rings. The second-order valence-electron chi connectivity index (χ2n) is 4.92. The molecule has 0 aliphatic heterocycles. The molecule has 0 aromatic carbocycles. The van der Waals surface area contributed by atoms with Crippen LogP contribution in [0.1, 0.15) is 65.2 Å². The molecule has 0 saturated heterocycles. The molecule has 17 heavy (non-hydrogen) atoms. The van der Waals surface area contributed by atoms with E-state index in [2.05, 4.69) is 32.1 Å². The summed E-state index contributed by atoms with van der Waals surface area (Å²) in [5.41, 5.74) is 1.41. The van der Waals surface area contributed by atoms with Crippen molar-refractivity contribution in [1.29, 1.82) is 0 Å². The topological polar surface area (TPSA) is 17.1 Å². The van der Waals surface area contributed by atoms with Crippen molar-refractivity contribution in [3.8, 4) is 0 Å². The Balaban J connectivity index is 2.75. The number of unbranched alkanes of at least 4 members (excludes halogenated alkanes) is 1. The third-order valence-corrected chi connectivity index (χ3v) is 3.42. The smallest absolute Gasteiger partial charge is 0.140 e. The minimum absolute atomic E-state index is 0.214. The predicted molar refractivity (Wildman–Crippen MR) is 74.0 cm³/mol. The van der Waals surface area contributed by atoms with Crippen LogP contribution < -0.4 is 0 Å². The molecule has 0 aromatic rings. The fraction of sp³-hybridized carbons (Fsp3) is 0.688. The molecule has 0 spiro atoms. The monoisotopic (exact) mass is 234 g/mol. The van der Waals surface area contributed by atoms with Gasteiger partial charge in [0, 0.05) is 12.3 Å². The molecule has 1 nitrogen and oxygen atoms in total. The van der Waals surface area contributed by atoms with Crippen LogP contribution in [0, 0.1) is 5.92 Å². The van der Waals surface area contributed by atoms with Crippen molar-refractivity contribution in [2.75, 3.05) is 0 Å². The first-order valence-corrected chi connectivity index (χ1v) is 7.16. The Morgan fingerprint density at radius 3 is 2.76 bits per heavy atom. The average molecular weight is 234 g/mol. The van der Waals surface area contributed by atoms with Crippen LogP contribution in [0.5, 0.6) is 0 Å². The summed E-state index contributed by atoms with van der Waals surface area (Å²) in [4.78, 5) is 12.2. The van der Waals surface area contributed by atoms with E-state index in [9.17, 15) is 4.79 Å². The van der Waals surface area contributed by atoms with Crippen molar-refractivity contribution < 1.29 is 4.79 Å². The van der Waals surface area contributed by atoms with E-state index in [1.54, 1.807) is 0 Å². The van der Waals surface area contributed by atoms with Gasteiger partial charge >= 0.3 is 0 Å². The first-order chi connectivity index (χ1) is 8.29. The normalized spacial score (nSPS) is 24.2. The van der Waals surface area contributed by atoms with E-state index in [0.29, 0.717) is 5.78 Å². The van der Waals surface area contributed by atoms with E-state index >= 15 is 0 Å². The summed E-state index contributed by atoms with van der Waals surface area (Å²) >= 11 is 0. The van der Waals surface area contributed by atoms with Crippen LogP contribution in [-0.2, 0) is 4.79 Å². The lowest BCUT2D eigenvalue weighted by Crippen LogP contribution is -2.18.